The summed E-state index contributed by atoms with van der Waals surface area (Å²) in [5.41, 5.74) is 2.50. The van der Waals surface area contributed by atoms with Crippen molar-refractivity contribution in [2.75, 3.05) is 5.43 Å². The van der Waals surface area contributed by atoms with Crippen LogP contribution >= 0.6 is 0 Å². The molecule has 6 nitrogen and oxygen atoms in total. The lowest BCUT2D eigenvalue weighted by molar-refractivity contribution is -0.115. The van der Waals surface area contributed by atoms with Gasteiger partial charge in [0.15, 0.2) is 0 Å². The fourth-order valence-corrected chi connectivity index (χ4v) is 3.94. The van der Waals surface area contributed by atoms with Crippen LogP contribution in [-0.4, -0.2) is 20.7 Å². The Morgan fingerprint density at radius 3 is 2.00 bits per heavy atom. The fraction of sp³-hybridized carbons (Fsp3) is 0.160. The van der Waals surface area contributed by atoms with Crippen molar-refractivity contribution in [2.24, 2.45) is 0 Å². The summed E-state index contributed by atoms with van der Waals surface area (Å²) in [5, 5.41) is 12.5. The number of nitrogens with one attached hydrogen (secondary N) is 1. The van der Waals surface area contributed by atoms with E-state index in [-0.39, 0.29) is 5.82 Å². The van der Waals surface area contributed by atoms with Crippen molar-refractivity contribution in [2.45, 2.75) is 25.4 Å². The summed E-state index contributed by atoms with van der Waals surface area (Å²) in [6.45, 7) is 3.13. The molecule has 0 aliphatic rings. The number of hydrogen-bond donors (Lipinski definition) is 2. The number of rotatable bonds is 5. The summed E-state index contributed by atoms with van der Waals surface area (Å²) >= 11 is 0. The van der Waals surface area contributed by atoms with Gasteiger partial charge in [0, 0.05) is 6.92 Å². The van der Waals surface area contributed by atoms with Crippen LogP contribution in [0.5, 0.6) is 0 Å². The molecule has 4 rings (SSSR count). The molecule has 1 amide bonds. The predicted octanol–water partition coefficient (Wildman–Crippen LogP) is 3.53. The van der Waals surface area contributed by atoms with E-state index in [1.807, 2.05) is 60.7 Å². The van der Waals surface area contributed by atoms with Crippen LogP contribution in [0.15, 0.2) is 89.7 Å². The molecule has 0 fully saturated rings. The van der Waals surface area contributed by atoms with Crippen molar-refractivity contribution in [3.8, 4) is 0 Å². The van der Waals surface area contributed by atoms with E-state index in [1.54, 1.807) is 31.2 Å². The number of benzene rings is 3. The second-order valence-corrected chi connectivity index (χ2v) is 7.52. The van der Waals surface area contributed by atoms with Crippen LogP contribution in [0.1, 0.15) is 36.7 Å². The van der Waals surface area contributed by atoms with Gasteiger partial charge in [-0.1, -0.05) is 79.7 Å². The molecule has 1 heterocycles. The molecule has 31 heavy (non-hydrogen) atoms. The molecule has 2 N–H and O–H groups in total. The summed E-state index contributed by atoms with van der Waals surface area (Å²) in [5.74, 6) is -0.828. The first-order valence-corrected chi connectivity index (χ1v) is 10.1. The van der Waals surface area contributed by atoms with E-state index < -0.39 is 23.0 Å². The third-order valence-corrected chi connectivity index (χ3v) is 5.51. The fourth-order valence-electron chi connectivity index (χ4n) is 3.94. The summed E-state index contributed by atoms with van der Waals surface area (Å²) in [6.07, 6.45) is 0. The van der Waals surface area contributed by atoms with Gasteiger partial charge in [0.2, 0.25) is 5.91 Å². The van der Waals surface area contributed by atoms with Gasteiger partial charge in [-0.25, -0.2) is 9.66 Å². The van der Waals surface area contributed by atoms with Gasteiger partial charge in [0.25, 0.3) is 5.56 Å². The number of amides is 1. The number of aliphatic hydroxyl groups is 1. The quantitative estimate of drug-likeness (QED) is 0.524. The summed E-state index contributed by atoms with van der Waals surface area (Å²) in [6, 6.07) is 25.5. The maximum Gasteiger partial charge on any atom is 0.280 e. The number of nitrogens with zero attached hydrogens (tertiary/aromatic N) is 2. The Hall–Kier alpha value is -3.77. The number of carbonyl (C=O) groups excluding carboxylic acids is 1. The van der Waals surface area contributed by atoms with Gasteiger partial charge in [-0.15, -0.1) is 0 Å². The predicted molar refractivity (Wildman–Crippen MR) is 120 cm³/mol. The van der Waals surface area contributed by atoms with Crippen molar-refractivity contribution >= 4 is 16.8 Å². The number of para-hydroxylation sites is 1. The minimum Gasteiger partial charge on any atom is -0.380 e. The highest BCUT2D eigenvalue weighted by Crippen LogP contribution is 2.41. The van der Waals surface area contributed by atoms with Crippen molar-refractivity contribution in [3.05, 3.63) is 112 Å². The van der Waals surface area contributed by atoms with Crippen molar-refractivity contribution in [1.82, 2.24) is 9.66 Å². The molecule has 0 spiro atoms. The van der Waals surface area contributed by atoms with E-state index in [9.17, 15) is 14.7 Å². The molecular weight excluding hydrogens is 390 g/mol. The van der Waals surface area contributed by atoms with Crippen LogP contribution in [0.4, 0.5) is 0 Å². The second-order valence-electron chi connectivity index (χ2n) is 7.52. The van der Waals surface area contributed by atoms with Crippen molar-refractivity contribution < 1.29 is 9.90 Å². The third kappa shape index (κ3) is 3.62. The molecule has 3 aromatic carbocycles. The monoisotopic (exact) mass is 413 g/mol. The van der Waals surface area contributed by atoms with E-state index in [0.29, 0.717) is 22.0 Å². The van der Waals surface area contributed by atoms with Gasteiger partial charge in [0.05, 0.1) is 16.8 Å². The lowest BCUT2D eigenvalue weighted by Gasteiger charge is -2.36. The van der Waals surface area contributed by atoms with E-state index in [1.165, 1.54) is 6.92 Å². The molecule has 6 heteroatoms. The highest BCUT2D eigenvalue weighted by atomic mass is 16.3. The van der Waals surface area contributed by atoms with Gasteiger partial charge in [0.1, 0.15) is 11.4 Å². The molecule has 1 aromatic heterocycles. The largest absolute Gasteiger partial charge is 0.380 e. The highest BCUT2D eigenvalue weighted by Gasteiger charge is 2.41. The van der Waals surface area contributed by atoms with Gasteiger partial charge >= 0.3 is 0 Å². The number of hydrogen-bond acceptors (Lipinski definition) is 4. The van der Waals surface area contributed by atoms with Gasteiger partial charge in [-0.05, 0) is 23.3 Å². The smallest absolute Gasteiger partial charge is 0.280 e. The third-order valence-electron chi connectivity index (χ3n) is 5.51. The lowest BCUT2D eigenvalue weighted by atomic mass is 9.76. The SMILES string of the molecule is CC(=O)Nn1c(C(C)C(O)(c2ccccc2)c2ccccc2)nc2ccccc2c1=O. The van der Waals surface area contributed by atoms with Crippen LogP contribution in [0.2, 0.25) is 0 Å². The standard InChI is InChI=1S/C25H23N3O3/c1-17(25(31,19-11-5-3-6-12-19)20-13-7-4-8-14-20)23-26-22-16-10-9-15-21(22)24(30)28(23)27-18(2)29/h3-17,31H,1-2H3,(H,27,29). The number of fused-ring (bicyclic) bond motifs is 1. The first-order valence-electron chi connectivity index (χ1n) is 10.1. The molecule has 0 aliphatic carbocycles. The van der Waals surface area contributed by atoms with Gasteiger partial charge in [-0.3, -0.25) is 15.0 Å². The van der Waals surface area contributed by atoms with E-state index in [2.05, 4.69) is 5.43 Å². The Kier molecular flexibility index (Phi) is 5.40. The Morgan fingerprint density at radius 2 is 1.45 bits per heavy atom. The average Bonchev–Trinajstić information content (AvgIpc) is 2.80. The maximum absolute atomic E-state index is 13.2. The van der Waals surface area contributed by atoms with Gasteiger partial charge < -0.3 is 5.11 Å². The van der Waals surface area contributed by atoms with E-state index in [0.717, 1.165) is 4.68 Å². The van der Waals surface area contributed by atoms with Crippen LogP contribution in [-0.2, 0) is 10.4 Å². The van der Waals surface area contributed by atoms with Crippen molar-refractivity contribution in [3.63, 3.8) is 0 Å². The zero-order valence-corrected chi connectivity index (χ0v) is 17.3. The molecule has 0 bridgehead atoms. The van der Waals surface area contributed by atoms with E-state index in [4.69, 9.17) is 4.98 Å². The zero-order valence-electron chi connectivity index (χ0n) is 17.3. The van der Waals surface area contributed by atoms with Crippen LogP contribution < -0.4 is 11.0 Å². The lowest BCUT2D eigenvalue weighted by Crippen LogP contribution is -2.41. The van der Waals surface area contributed by atoms with Crippen molar-refractivity contribution in [1.29, 1.82) is 0 Å². The molecule has 0 aliphatic heterocycles. The molecule has 1 unspecified atom stereocenters. The minimum absolute atomic E-state index is 0.258. The zero-order chi connectivity index (χ0) is 22.0. The van der Waals surface area contributed by atoms with Crippen LogP contribution in [0.25, 0.3) is 10.9 Å². The second kappa shape index (κ2) is 8.16. The maximum atomic E-state index is 13.2. The molecule has 1 atom stereocenters. The minimum atomic E-state index is -1.50. The Morgan fingerprint density at radius 1 is 0.935 bits per heavy atom. The Balaban J connectivity index is 2.01. The van der Waals surface area contributed by atoms with Gasteiger partial charge in [-0.2, -0.15) is 0 Å². The molecule has 0 saturated heterocycles. The van der Waals surface area contributed by atoms with Crippen LogP contribution in [0.3, 0.4) is 0 Å². The number of aromatic nitrogens is 2. The van der Waals surface area contributed by atoms with E-state index >= 15 is 0 Å². The molecular formula is C25H23N3O3. The van der Waals surface area contributed by atoms with Crippen LogP contribution in [0, 0.1) is 0 Å². The molecule has 156 valence electrons. The molecule has 0 saturated carbocycles. The number of carbonyl (C=O) groups is 1. The summed E-state index contributed by atoms with van der Waals surface area (Å²) in [7, 11) is 0. The first-order chi connectivity index (χ1) is 14.9. The average molecular weight is 413 g/mol. The molecule has 0 radical (unpaired) electrons. The summed E-state index contributed by atoms with van der Waals surface area (Å²) < 4.78 is 1.15. The topological polar surface area (TPSA) is 84.2 Å². The normalized spacial score (nSPS) is 12.5. The first kappa shape index (κ1) is 20.5. The summed E-state index contributed by atoms with van der Waals surface area (Å²) in [4.78, 5) is 29.8. The molecule has 4 aromatic rings. The highest BCUT2D eigenvalue weighted by molar-refractivity contribution is 5.82. The Bertz CT molecular complexity index is 1240. The Labute approximate surface area is 179 Å².